The summed E-state index contributed by atoms with van der Waals surface area (Å²) in [6, 6.07) is 13.2. The van der Waals surface area contributed by atoms with E-state index in [9.17, 15) is 14.7 Å². The van der Waals surface area contributed by atoms with Crippen molar-refractivity contribution < 1.29 is 24.1 Å². The second kappa shape index (κ2) is 11.0. The number of methoxy groups -OCH3 is 2. The summed E-state index contributed by atoms with van der Waals surface area (Å²) in [7, 11) is 2.95. The lowest BCUT2D eigenvalue weighted by Crippen LogP contribution is -2.37. The molecule has 1 saturated heterocycles. The second-order valence-electron chi connectivity index (χ2n) is 9.33. The molecular weight excluding hydrogens is 474 g/mol. The van der Waals surface area contributed by atoms with Crippen LogP contribution in [0.15, 0.2) is 47.3 Å². The highest BCUT2D eigenvalue weighted by atomic mass is 16.5. The molecule has 0 saturated carbocycles. The Balaban J connectivity index is 1.80. The van der Waals surface area contributed by atoms with Crippen molar-refractivity contribution in [2.24, 2.45) is 0 Å². The average Bonchev–Trinajstić information content (AvgIpc) is 3.37. The molecule has 1 aliphatic rings. The molecule has 0 spiro atoms. The van der Waals surface area contributed by atoms with Crippen molar-refractivity contribution in [1.29, 1.82) is 0 Å². The van der Waals surface area contributed by atoms with E-state index in [1.807, 2.05) is 39.0 Å². The third-order valence-corrected chi connectivity index (χ3v) is 6.62. The van der Waals surface area contributed by atoms with Gasteiger partial charge in [-0.25, -0.2) is 0 Å². The number of benzene rings is 2. The number of rotatable bonds is 8. The Hall–Kier alpha value is -3.85. The molecule has 0 radical (unpaired) electrons. The number of amides is 1. The number of aromatic nitrogens is 2. The minimum Gasteiger partial charge on any atom is -0.494 e. The van der Waals surface area contributed by atoms with E-state index in [0.717, 1.165) is 12.0 Å². The van der Waals surface area contributed by atoms with Crippen molar-refractivity contribution in [2.75, 3.05) is 27.3 Å². The number of hydrogen-bond donors (Lipinski definition) is 1. The molecule has 0 bridgehead atoms. The minimum atomic E-state index is -0.720. The molecule has 9 heteroatoms. The van der Waals surface area contributed by atoms with Crippen LogP contribution in [0, 0.1) is 6.92 Å². The fourth-order valence-electron chi connectivity index (χ4n) is 4.76. The standard InChI is InChI=1S/C28H33N3O6/c1-17(2)37-16-23-29-26(32)24(28(34)31(23)25-21(35-4)11-8-12-22(25)36-5)27(33)30-14-13-19(15-30)20-10-7-6-9-18(20)3/h6-12,17,19,32H,13-16H2,1-5H3. The van der Waals surface area contributed by atoms with Gasteiger partial charge in [0, 0.05) is 19.0 Å². The molecule has 2 heterocycles. The van der Waals surface area contributed by atoms with Crippen LogP contribution in [0.2, 0.25) is 0 Å². The Morgan fingerprint density at radius 2 is 1.78 bits per heavy atom. The van der Waals surface area contributed by atoms with Gasteiger partial charge in [-0.3, -0.25) is 14.2 Å². The Labute approximate surface area is 216 Å². The zero-order valence-corrected chi connectivity index (χ0v) is 21.9. The summed E-state index contributed by atoms with van der Waals surface area (Å²) in [6.45, 7) is 6.58. The Kier molecular flexibility index (Phi) is 7.83. The summed E-state index contributed by atoms with van der Waals surface area (Å²) in [5.41, 5.74) is 1.50. The molecule has 1 N–H and O–H groups in total. The molecule has 3 aromatic rings. The van der Waals surface area contributed by atoms with Gasteiger partial charge in [0.1, 0.15) is 29.6 Å². The second-order valence-corrected chi connectivity index (χ2v) is 9.33. The number of carbonyl (C=O) groups is 1. The maximum atomic E-state index is 13.9. The first-order valence-electron chi connectivity index (χ1n) is 12.3. The molecular formula is C28H33N3O6. The predicted octanol–water partition coefficient (Wildman–Crippen LogP) is 3.82. The highest BCUT2D eigenvalue weighted by Gasteiger charge is 2.34. The van der Waals surface area contributed by atoms with E-state index in [1.54, 1.807) is 23.1 Å². The van der Waals surface area contributed by atoms with Crippen molar-refractivity contribution in [2.45, 2.75) is 45.8 Å². The molecule has 1 aromatic heterocycles. The van der Waals surface area contributed by atoms with Crippen LogP contribution in [0.4, 0.5) is 0 Å². The molecule has 9 nitrogen and oxygen atoms in total. The Morgan fingerprint density at radius 3 is 2.41 bits per heavy atom. The van der Waals surface area contributed by atoms with Gasteiger partial charge in [-0.2, -0.15) is 4.98 Å². The van der Waals surface area contributed by atoms with Crippen LogP contribution >= 0.6 is 0 Å². The third kappa shape index (κ3) is 5.17. The SMILES string of the molecule is COc1cccc(OC)c1-n1c(COC(C)C)nc(O)c(C(=O)N2CCC(c3ccccc3C)C2)c1=O. The maximum absolute atomic E-state index is 13.9. The number of aryl methyl sites for hydroxylation is 1. The number of likely N-dealkylation sites (tertiary alicyclic amines) is 1. The molecule has 0 aliphatic carbocycles. The molecule has 1 fully saturated rings. The van der Waals surface area contributed by atoms with Crippen molar-refractivity contribution in [1.82, 2.24) is 14.5 Å². The number of nitrogens with zero attached hydrogens (tertiary/aromatic N) is 3. The topological polar surface area (TPSA) is 103 Å². The number of hydrogen-bond acceptors (Lipinski definition) is 7. The summed E-state index contributed by atoms with van der Waals surface area (Å²) in [5.74, 6) is -0.227. The number of ether oxygens (including phenoxy) is 3. The van der Waals surface area contributed by atoms with Crippen LogP contribution in [0.1, 0.15) is 53.5 Å². The number of para-hydroxylation sites is 1. The van der Waals surface area contributed by atoms with E-state index in [-0.39, 0.29) is 30.1 Å². The van der Waals surface area contributed by atoms with Crippen LogP contribution in [-0.4, -0.2) is 58.9 Å². The minimum absolute atomic E-state index is 0.0742. The molecule has 37 heavy (non-hydrogen) atoms. The van der Waals surface area contributed by atoms with Gasteiger partial charge in [0.05, 0.1) is 20.3 Å². The molecule has 1 aliphatic heterocycles. The van der Waals surface area contributed by atoms with Gasteiger partial charge < -0.3 is 24.2 Å². The van der Waals surface area contributed by atoms with Crippen LogP contribution in [0.25, 0.3) is 5.69 Å². The molecule has 4 rings (SSSR count). The average molecular weight is 508 g/mol. The summed E-state index contributed by atoms with van der Waals surface area (Å²) < 4.78 is 18.0. The maximum Gasteiger partial charge on any atom is 0.275 e. The highest BCUT2D eigenvalue weighted by molar-refractivity contribution is 5.96. The monoisotopic (exact) mass is 507 g/mol. The highest BCUT2D eigenvalue weighted by Crippen LogP contribution is 2.34. The first-order chi connectivity index (χ1) is 17.8. The smallest absolute Gasteiger partial charge is 0.275 e. The summed E-state index contributed by atoms with van der Waals surface area (Å²) >= 11 is 0. The normalized spacial score (nSPS) is 15.3. The van der Waals surface area contributed by atoms with Gasteiger partial charge in [0.2, 0.25) is 5.88 Å². The van der Waals surface area contributed by atoms with Crippen molar-refractivity contribution in [3.63, 3.8) is 0 Å². The third-order valence-electron chi connectivity index (χ3n) is 6.62. The first kappa shape index (κ1) is 26.2. The lowest BCUT2D eigenvalue weighted by atomic mass is 9.94. The van der Waals surface area contributed by atoms with Gasteiger partial charge >= 0.3 is 0 Å². The van der Waals surface area contributed by atoms with Crippen LogP contribution in [0.3, 0.4) is 0 Å². The Bertz CT molecular complexity index is 1330. The lowest BCUT2D eigenvalue weighted by molar-refractivity contribution is 0.0591. The van der Waals surface area contributed by atoms with E-state index >= 15 is 0 Å². The first-order valence-corrected chi connectivity index (χ1v) is 12.3. The number of carbonyl (C=O) groups excluding carboxylic acids is 1. The Morgan fingerprint density at radius 1 is 1.11 bits per heavy atom. The fraction of sp³-hybridized carbons (Fsp3) is 0.393. The molecule has 196 valence electrons. The van der Waals surface area contributed by atoms with Gasteiger partial charge in [-0.15, -0.1) is 0 Å². The largest absolute Gasteiger partial charge is 0.494 e. The summed E-state index contributed by atoms with van der Waals surface area (Å²) in [4.78, 5) is 33.4. The van der Waals surface area contributed by atoms with E-state index in [0.29, 0.717) is 24.6 Å². The van der Waals surface area contributed by atoms with Crippen molar-refractivity contribution >= 4 is 5.91 Å². The lowest BCUT2D eigenvalue weighted by Gasteiger charge is -2.21. The molecule has 2 aromatic carbocycles. The van der Waals surface area contributed by atoms with E-state index in [4.69, 9.17) is 14.2 Å². The summed E-state index contributed by atoms with van der Waals surface area (Å²) in [6.07, 6.45) is 0.607. The molecule has 1 unspecified atom stereocenters. The summed E-state index contributed by atoms with van der Waals surface area (Å²) in [5, 5.41) is 10.8. The van der Waals surface area contributed by atoms with Crippen LogP contribution in [0.5, 0.6) is 17.4 Å². The zero-order chi connectivity index (χ0) is 26.7. The van der Waals surface area contributed by atoms with Gasteiger partial charge in [-0.1, -0.05) is 30.3 Å². The van der Waals surface area contributed by atoms with Gasteiger partial charge in [0.15, 0.2) is 5.56 Å². The zero-order valence-electron chi connectivity index (χ0n) is 21.9. The molecule has 1 atom stereocenters. The van der Waals surface area contributed by atoms with Crippen LogP contribution in [-0.2, 0) is 11.3 Å². The van der Waals surface area contributed by atoms with E-state index in [2.05, 4.69) is 11.1 Å². The van der Waals surface area contributed by atoms with Crippen molar-refractivity contribution in [3.05, 3.63) is 75.3 Å². The molecule has 1 amide bonds. The number of aromatic hydroxyl groups is 1. The quantitative estimate of drug-likeness (QED) is 0.494. The van der Waals surface area contributed by atoms with Crippen LogP contribution < -0.4 is 15.0 Å². The van der Waals surface area contributed by atoms with Crippen molar-refractivity contribution in [3.8, 4) is 23.1 Å². The van der Waals surface area contributed by atoms with Gasteiger partial charge in [0.25, 0.3) is 11.5 Å². The predicted molar refractivity (Wildman–Crippen MR) is 139 cm³/mol. The fourth-order valence-corrected chi connectivity index (χ4v) is 4.76. The van der Waals surface area contributed by atoms with E-state index in [1.165, 1.54) is 24.4 Å². The van der Waals surface area contributed by atoms with Gasteiger partial charge in [-0.05, 0) is 50.5 Å². The van der Waals surface area contributed by atoms with E-state index < -0.39 is 22.9 Å².